The van der Waals surface area contributed by atoms with Gasteiger partial charge in [0.25, 0.3) is 0 Å². The summed E-state index contributed by atoms with van der Waals surface area (Å²) in [6.07, 6.45) is -4.28. The number of nitrogens with one attached hydrogen (secondary N) is 1. The molecular formula is C8H8F3NO3. The second-order valence-corrected chi connectivity index (χ2v) is 2.51. The molecule has 0 heterocycles. The molecule has 4 nitrogen and oxygen atoms in total. The van der Waals surface area contributed by atoms with E-state index < -0.39 is 24.1 Å². The summed E-state index contributed by atoms with van der Waals surface area (Å²) < 4.78 is 35.3. The Morgan fingerprint density at radius 3 is 2.40 bits per heavy atom. The maximum absolute atomic E-state index is 11.8. The van der Waals surface area contributed by atoms with Crippen molar-refractivity contribution in [3.8, 4) is 0 Å². The van der Waals surface area contributed by atoms with Crippen molar-refractivity contribution in [2.24, 2.45) is 0 Å². The minimum atomic E-state index is -5.09. The molecule has 2 N–H and O–H groups in total. The molecular weight excluding hydrogens is 215 g/mol. The molecule has 84 valence electrons. The second kappa shape index (κ2) is 5.21. The molecule has 1 atom stereocenters. The molecule has 1 unspecified atom stereocenters. The summed E-state index contributed by atoms with van der Waals surface area (Å²) in [5.74, 6) is -3.84. The first-order chi connectivity index (χ1) is 6.79. The fraction of sp³-hybridized carbons (Fsp3) is 0.375. The van der Waals surface area contributed by atoms with E-state index in [1.807, 2.05) is 0 Å². The molecule has 1 amide bonds. The molecule has 0 radical (unpaired) electrons. The van der Waals surface area contributed by atoms with E-state index in [0.29, 0.717) is 0 Å². The Morgan fingerprint density at radius 2 is 2.07 bits per heavy atom. The number of hydrogen-bond donors (Lipinski definition) is 2. The Labute approximate surface area is 83.1 Å². The second-order valence-electron chi connectivity index (χ2n) is 2.51. The van der Waals surface area contributed by atoms with Gasteiger partial charge in [-0.3, -0.25) is 4.79 Å². The van der Waals surface area contributed by atoms with E-state index in [-0.39, 0.29) is 6.42 Å². The van der Waals surface area contributed by atoms with E-state index in [9.17, 15) is 22.8 Å². The number of carboxylic acid groups (broad SMARTS) is 1. The Balaban J connectivity index is 4.49. The molecule has 0 spiro atoms. The maximum atomic E-state index is 11.8. The molecule has 0 bridgehead atoms. The van der Waals surface area contributed by atoms with Crippen molar-refractivity contribution < 1.29 is 27.9 Å². The normalized spacial score (nSPS) is 12.5. The monoisotopic (exact) mass is 223 g/mol. The van der Waals surface area contributed by atoms with E-state index in [0.717, 1.165) is 6.08 Å². The van der Waals surface area contributed by atoms with E-state index in [1.54, 1.807) is 0 Å². The summed E-state index contributed by atoms with van der Waals surface area (Å²) in [6.45, 7) is 3.11. The number of rotatable bonds is 4. The predicted octanol–water partition coefficient (Wildman–Crippen LogP) is 0.849. The van der Waals surface area contributed by atoms with Crippen molar-refractivity contribution in [3.63, 3.8) is 0 Å². The van der Waals surface area contributed by atoms with Crippen LogP contribution in [0.2, 0.25) is 0 Å². The van der Waals surface area contributed by atoms with Crippen molar-refractivity contribution in [1.82, 2.24) is 5.32 Å². The van der Waals surface area contributed by atoms with Gasteiger partial charge < -0.3 is 10.4 Å². The molecule has 0 aromatic heterocycles. The lowest BCUT2D eigenvalue weighted by Crippen LogP contribution is -2.46. The van der Waals surface area contributed by atoms with Crippen LogP contribution in [0.15, 0.2) is 18.4 Å². The van der Waals surface area contributed by atoms with Crippen molar-refractivity contribution in [1.29, 1.82) is 0 Å². The van der Waals surface area contributed by atoms with Crippen molar-refractivity contribution in [2.45, 2.75) is 18.6 Å². The van der Waals surface area contributed by atoms with Crippen molar-refractivity contribution in [3.05, 3.63) is 18.4 Å². The first-order valence-electron chi connectivity index (χ1n) is 3.73. The van der Waals surface area contributed by atoms with Gasteiger partial charge in [0.05, 0.1) is 0 Å². The molecule has 15 heavy (non-hydrogen) atoms. The minimum Gasteiger partial charge on any atom is -0.480 e. The van der Waals surface area contributed by atoms with E-state index in [4.69, 9.17) is 5.11 Å². The summed E-state index contributed by atoms with van der Waals surface area (Å²) in [5.41, 5.74) is 2.19. The molecule has 0 saturated carbocycles. The highest BCUT2D eigenvalue weighted by Crippen LogP contribution is 2.14. The quantitative estimate of drug-likeness (QED) is 0.694. The zero-order valence-corrected chi connectivity index (χ0v) is 7.47. The fourth-order valence-electron chi connectivity index (χ4n) is 0.663. The molecule has 0 aliphatic rings. The van der Waals surface area contributed by atoms with Crippen LogP contribution in [0.3, 0.4) is 0 Å². The number of carbonyl (C=O) groups is 2. The zero-order valence-electron chi connectivity index (χ0n) is 7.47. The number of carbonyl (C=O) groups excluding carboxylic acids is 1. The number of halogens is 3. The Hall–Kier alpha value is -1.75. The average Bonchev–Trinajstić information content (AvgIpc) is 2.09. The number of aliphatic carboxylic acids is 1. The van der Waals surface area contributed by atoms with Gasteiger partial charge in [-0.15, -0.1) is 5.73 Å². The lowest BCUT2D eigenvalue weighted by molar-refractivity contribution is -0.175. The van der Waals surface area contributed by atoms with Gasteiger partial charge in [-0.2, -0.15) is 13.2 Å². The smallest absolute Gasteiger partial charge is 0.471 e. The highest BCUT2D eigenvalue weighted by Gasteiger charge is 2.40. The number of carboxylic acids is 1. The molecule has 0 saturated heterocycles. The van der Waals surface area contributed by atoms with Gasteiger partial charge in [0.1, 0.15) is 6.04 Å². The molecule has 0 aliphatic heterocycles. The SMILES string of the molecule is C=C=CCC(NC(=O)C(F)(F)F)C(=O)O. The van der Waals surface area contributed by atoms with Gasteiger partial charge >= 0.3 is 18.1 Å². The summed E-state index contributed by atoms with van der Waals surface area (Å²) in [4.78, 5) is 20.8. The van der Waals surface area contributed by atoms with Crippen LogP contribution in [0.4, 0.5) is 13.2 Å². The highest BCUT2D eigenvalue weighted by molar-refractivity contribution is 5.86. The third-order valence-corrected chi connectivity index (χ3v) is 1.36. The van der Waals surface area contributed by atoms with E-state index >= 15 is 0 Å². The van der Waals surface area contributed by atoms with Crippen LogP contribution >= 0.6 is 0 Å². The van der Waals surface area contributed by atoms with Gasteiger partial charge in [0.2, 0.25) is 0 Å². The number of hydrogen-bond acceptors (Lipinski definition) is 2. The fourth-order valence-corrected chi connectivity index (χ4v) is 0.663. The predicted molar refractivity (Wildman–Crippen MR) is 43.9 cm³/mol. The third kappa shape index (κ3) is 4.87. The molecule has 0 aliphatic carbocycles. The lowest BCUT2D eigenvalue weighted by Gasteiger charge is -2.13. The first-order valence-corrected chi connectivity index (χ1v) is 3.73. The Bertz CT molecular complexity index is 305. The third-order valence-electron chi connectivity index (χ3n) is 1.36. The Kier molecular flexibility index (Phi) is 4.60. The molecule has 7 heteroatoms. The standard InChI is InChI=1S/C8H8F3NO3/c1-2-3-4-5(6(13)14)12-7(15)8(9,10)11/h3,5H,1,4H2,(H,12,15)(H,13,14). The van der Waals surface area contributed by atoms with Gasteiger partial charge in [0, 0.05) is 6.42 Å². The topological polar surface area (TPSA) is 66.4 Å². The lowest BCUT2D eigenvalue weighted by atomic mass is 10.2. The van der Waals surface area contributed by atoms with Crippen LogP contribution < -0.4 is 5.32 Å². The molecule has 0 aromatic carbocycles. The van der Waals surface area contributed by atoms with E-state index in [2.05, 4.69) is 12.3 Å². The number of alkyl halides is 3. The minimum absolute atomic E-state index is 0.305. The van der Waals surface area contributed by atoms with E-state index in [1.165, 1.54) is 5.32 Å². The van der Waals surface area contributed by atoms with Gasteiger partial charge in [-0.05, 0) is 6.08 Å². The number of amides is 1. The van der Waals surface area contributed by atoms with Crippen molar-refractivity contribution in [2.75, 3.05) is 0 Å². The summed E-state index contributed by atoms with van der Waals surface area (Å²) >= 11 is 0. The Morgan fingerprint density at radius 1 is 1.53 bits per heavy atom. The van der Waals surface area contributed by atoms with Crippen LogP contribution in [0, 0.1) is 0 Å². The largest absolute Gasteiger partial charge is 0.480 e. The van der Waals surface area contributed by atoms with Crippen LogP contribution in [-0.2, 0) is 9.59 Å². The van der Waals surface area contributed by atoms with Gasteiger partial charge in [-0.1, -0.05) is 6.58 Å². The summed E-state index contributed by atoms with van der Waals surface area (Å²) in [7, 11) is 0. The molecule has 0 aromatic rings. The maximum Gasteiger partial charge on any atom is 0.471 e. The summed E-state index contributed by atoms with van der Waals surface area (Å²) in [6, 6.07) is -1.63. The first kappa shape index (κ1) is 13.2. The van der Waals surface area contributed by atoms with Gasteiger partial charge in [0.15, 0.2) is 0 Å². The van der Waals surface area contributed by atoms with Crippen LogP contribution in [-0.4, -0.2) is 29.2 Å². The summed E-state index contributed by atoms with van der Waals surface area (Å²) in [5, 5.41) is 9.79. The molecule has 0 rings (SSSR count). The van der Waals surface area contributed by atoms with Crippen LogP contribution in [0.5, 0.6) is 0 Å². The zero-order chi connectivity index (χ0) is 12.1. The van der Waals surface area contributed by atoms with Crippen LogP contribution in [0.1, 0.15) is 6.42 Å². The molecule has 0 fully saturated rings. The van der Waals surface area contributed by atoms with Gasteiger partial charge in [-0.25, -0.2) is 4.79 Å². The average molecular weight is 223 g/mol. The van der Waals surface area contributed by atoms with Crippen molar-refractivity contribution >= 4 is 11.9 Å². The highest BCUT2D eigenvalue weighted by atomic mass is 19.4. The van der Waals surface area contributed by atoms with Crippen LogP contribution in [0.25, 0.3) is 0 Å².